The summed E-state index contributed by atoms with van der Waals surface area (Å²) >= 11 is 1.37. The van der Waals surface area contributed by atoms with Gasteiger partial charge in [0.25, 0.3) is 0 Å². The van der Waals surface area contributed by atoms with Crippen molar-refractivity contribution < 1.29 is 9.53 Å². The van der Waals surface area contributed by atoms with Crippen LogP contribution in [0.25, 0.3) is 0 Å². The van der Waals surface area contributed by atoms with Gasteiger partial charge >= 0.3 is 5.97 Å². The lowest BCUT2D eigenvalue weighted by Crippen LogP contribution is -2.22. The van der Waals surface area contributed by atoms with E-state index in [1.807, 2.05) is 6.92 Å². The highest BCUT2D eigenvalue weighted by atomic mass is 32.2. The van der Waals surface area contributed by atoms with Gasteiger partial charge in [-0.05, 0) is 26.7 Å². The van der Waals surface area contributed by atoms with Crippen molar-refractivity contribution in [2.45, 2.75) is 26.7 Å². The molecule has 2 rings (SSSR count). The number of carbonyl (C=O) groups excluding carboxylic acids is 1. The van der Waals surface area contributed by atoms with Crippen LogP contribution in [0, 0.1) is 11.3 Å². The molecule has 0 aliphatic carbocycles. The van der Waals surface area contributed by atoms with E-state index in [4.69, 9.17) is 10.00 Å². The maximum Gasteiger partial charge on any atom is 0.346 e. The molecule has 2 aliphatic rings. The van der Waals surface area contributed by atoms with E-state index < -0.39 is 0 Å². The Morgan fingerprint density at radius 3 is 3.06 bits per heavy atom. The fraction of sp³-hybridized carbons (Fsp3) is 0.500. The van der Waals surface area contributed by atoms with E-state index in [2.05, 4.69) is 11.0 Å². The van der Waals surface area contributed by atoms with Gasteiger partial charge in [-0.1, -0.05) is 11.8 Å². The molecule has 0 saturated heterocycles. The normalized spacial score (nSPS) is 19.2. The fourth-order valence-electron chi connectivity index (χ4n) is 2.00. The number of allylic oxidation sites excluding steroid dienone is 2. The molecule has 90 valence electrons. The van der Waals surface area contributed by atoms with E-state index in [9.17, 15) is 4.79 Å². The number of rotatable bonds is 2. The van der Waals surface area contributed by atoms with Crippen LogP contribution >= 0.6 is 11.8 Å². The van der Waals surface area contributed by atoms with Gasteiger partial charge in [-0.15, -0.1) is 0 Å². The lowest BCUT2D eigenvalue weighted by Gasteiger charge is -2.26. The Bertz CT molecular complexity index is 460. The maximum absolute atomic E-state index is 11.8. The van der Waals surface area contributed by atoms with Crippen LogP contribution in [-0.2, 0) is 9.53 Å². The molecule has 4 nitrogen and oxygen atoms in total. The van der Waals surface area contributed by atoms with Crippen LogP contribution in [0.4, 0.5) is 0 Å². The summed E-state index contributed by atoms with van der Waals surface area (Å²) in [6.07, 6.45) is 1.76. The molecular weight excluding hydrogens is 236 g/mol. The Morgan fingerprint density at radius 1 is 1.65 bits per heavy atom. The van der Waals surface area contributed by atoms with Gasteiger partial charge in [0.1, 0.15) is 4.91 Å². The second-order valence-corrected chi connectivity index (χ2v) is 4.89. The van der Waals surface area contributed by atoms with E-state index in [1.54, 1.807) is 6.92 Å². The fourth-order valence-corrected chi connectivity index (χ4v) is 3.21. The van der Waals surface area contributed by atoms with Gasteiger partial charge in [-0.3, -0.25) is 0 Å². The number of fused-ring (bicyclic) bond motifs is 1. The zero-order valence-electron chi connectivity index (χ0n) is 9.95. The maximum atomic E-state index is 11.8. The van der Waals surface area contributed by atoms with Gasteiger partial charge < -0.3 is 9.64 Å². The van der Waals surface area contributed by atoms with Crippen LogP contribution in [0.3, 0.4) is 0 Å². The van der Waals surface area contributed by atoms with Crippen molar-refractivity contribution in [1.82, 2.24) is 4.90 Å². The number of thioether (sulfide) groups is 1. The van der Waals surface area contributed by atoms with E-state index in [1.165, 1.54) is 11.8 Å². The van der Waals surface area contributed by atoms with Crippen molar-refractivity contribution >= 4 is 17.7 Å². The van der Waals surface area contributed by atoms with Crippen LogP contribution < -0.4 is 0 Å². The molecule has 0 saturated carbocycles. The Hall–Kier alpha value is -1.41. The van der Waals surface area contributed by atoms with Crippen LogP contribution in [0.15, 0.2) is 21.2 Å². The van der Waals surface area contributed by atoms with E-state index in [0.29, 0.717) is 11.5 Å². The molecule has 0 N–H and O–H groups in total. The minimum absolute atomic E-state index is 0.283. The molecular formula is C12H14N2O2S. The monoisotopic (exact) mass is 250 g/mol. The first-order valence-electron chi connectivity index (χ1n) is 5.65. The third kappa shape index (κ3) is 2.05. The molecule has 0 radical (unpaired) electrons. The largest absolute Gasteiger partial charge is 0.462 e. The van der Waals surface area contributed by atoms with Crippen LogP contribution in [0.5, 0.6) is 0 Å². The molecule has 0 spiro atoms. The molecule has 2 aliphatic heterocycles. The summed E-state index contributed by atoms with van der Waals surface area (Å²) in [5, 5.41) is 9.99. The minimum Gasteiger partial charge on any atom is -0.462 e. The quantitative estimate of drug-likeness (QED) is 0.704. The third-order valence-electron chi connectivity index (χ3n) is 2.84. The topological polar surface area (TPSA) is 53.3 Å². The van der Waals surface area contributed by atoms with Crippen molar-refractivity contribution in [2.75, 3.05) is 13.2 Å². The Balaban J connectivity index is 2.31. The average molecular weight is 250 g/mol. The molecule has 0 aromatic heterocycles. The smallest absolute Gasteiger partial charge is 0.346 e. The summed E-state index contributed by atoms with van der Waals surface area (Å²) in [6.45, 7) is 4.95. The molecule has 0 atom stereocenters. The van der Waals surface area contributed by atoms with Gasteiger partial charge in [0, 0.05) is 12.2 Å². The first-order chi connectivity index (χ1) is 8.19. The highest BCUT2D eigenvalue weighted by molar-refractivity contribution is 8.07. The number of nitriles is 1. The third-order valence-corrected chi connectivity index (χ3v) is 4.17. The van der Waals surface area contributed by atoms with Gasteiger partial charge in [0.2, 0.25) is 0 Å². The lowest BCUT2D eigenvalue weighted by atomic mass is 10.1. The first kappa shape index (κ1) is 12.1. The highest BCUT2D eigenvalue weighted by Gasteiger charge is 2.34. The number of nitrogens with zero attached hydrogens (tertiary/aromatic N) is 2. The second-order valence-electron chi connectivity index (χ2n) is 3.89. The van der Waals surface area contributed by atoms with E-state index in [0.717, 1.165) is 35.7 Å². The van der Waals surface area contributed by atoms with Crippen molar-refractivity contribution in [2.24, 2.45) is 0 Å². The van der Waals surface area contributed by atoms with Gasteiger partial charge in [0.05, 0.1) is 23.3 Å². The Kier molecular flexibility index (Phi) is 3.43. The molecule has 0 fully saturated rings. The summed E-state index contributed by atoms with van der Waals surface area (Å²) in [7, 11) is 0. The van der Waals surface area contributed by atoms with E-state index >= 15 is 0 Å². The molecule has 0 bridgehead atoms. The summed E-state index contributed by atoms with van der Waals surface area (Å²) in [5.41, 5.74) is 1.69. The van der Waals surface area contributed by atoms with Gasteiger partial charge in [0.15, 0.2) is 0 Å². The minimum atomic E-state index is -0.283. The predicted molar refractivity (Wildman–Crippen MR) is 65.5 cm³/mol. The molecule has 17 heavy (non-hydrogen) atoms. The van der Waals surface area contributed by atoms with Crippen molar-refractivity contribution in [3.8, 4) is 6.07 Å². The van der Waals surface area contributed by atoms with Crippen molar-refractivity contribution in [3.05, 3.63) is 21.2 Å². The lowest BCUT2D eigenvalue weighted by molar-refractivity contribution is -0.137. The number of hydrogen-bond acceptors (Lipinski definition) is 5. The number of carbonyl (C=O) groups is 1. The SMILES string of the molecule is CCOC(=O)C1=C(C)N2CCCC(C#N)=C2S1. The average Bonchev–Trinajstić information content (AvgIpc) is 2.67. The van der Waals surface area contributed by atoms with Crippen molar-refractivity contribution in [1.29, 1.82) is 5.26 Å². The zero-order valence-corrected chi connectivity index (χ0v) is 10.8. The molecule has 5 heteroatoms. The summed E-state index contributed by atoms with van der Waals surface area (Å²) in [5.74, 6) is -0.283. The Morgan fingerprint density at radius 2 is 2.41 bits per heavy atom. The van der Waals surface area contributed by atoms with Crippen LogP contribution in [0.1, 0.15) is 26.7 Å². The van der Waals surface area contributed by atoms with Gasteiger partial charge in [-0.25, -0.2) is 4.79 Å². The van der Waals surface area contributed by atoms with Crippen LogP contribution in [0.2, 0.25) is 0 Å². The molecule has 0 unspecified atom stereocenters. The number of ether oxygens (including phenoxy) is 1. The molecule has 0 aromatic carbocycles. The predicted octanol–water partition coefficient (Wildman–Crippen LogP) is 2.36. The van der Waals surface area contributed by atoms with Gasteiger partial charge in [-0.2, -0.15) is 5.26 Å². The summed E-state index contributed by atoms with van der Waals surface area (Å²) < 4.78 is 5.02. The standard InChI is InChI=1S/C12H14N2O2S/c1-3-16-12(15)10-8(2)14-6-4-5-9(7-13)11(14)17-10/h3-6H2,1-2H3. The summed E-state index contributed by atoms with van der Waals surface area (Å²) in [6, 6.07) is 2.23. The summed E-state index contributed by atoms with van der Waals surface area (Å²) in [4.78, 5) is 14.4. The molecule has 0 aromatic rings. The first-order valence-corrected chi connectivity index (χ1v) is 6.47. The Labute approximate surface area is 105 Å². The van der Waals surface area contributed by atoms with Crippen molar-refractivity contribution in [3.63, 3.8) is 0 Å². The highest BCUT2D eigenvalue weighted by Crippen LogP contribution is 2.45. The molecule has 2 heterocycles. The van der Waals surface area contributed by atoms with E-state index in [-0.39, 0.29) is 5.97 Å². The number of hydrogen-bond donors (Lipinski definition) is 0. The second kappa shape index (κ2) is 4.84. The number of esters is 1. The van der Waals surface area contributed by atoms with Crippen LogP contribution in [-0.4, -0.2) is 24.0 Å². The zero-order chi connectivity index (χ0) is 12.4. The molecule has 0 amide bonds.